The summed E-state index contributed by atoms with van der Waals surface area (Å²) >= 11 is 0. The van der Waals surface area contributed by atoms with E-state index in [0.29, 0.717) is 24.2 Å². The standard InChI is InChI=1S/C25H31N7O/c1-4-18(19-12-17(15-33-3)29-23(19)26-2)24-30-21-14-28-13-20(16-6-5-7-16)22(21)25(31-24)32-10-8-27-9-11-32/h4,12-14,16,27,29H,2,5-11,15H2,1,3H3/b18-4+. The summed E-state index contributed by atoms with van der Waals surface area (Å²) in [5.41, 5.74) is 4.97. The van der Waals surface area contributed by atoms with Gasteiger partial charge in [-0.2, -0.15) is 0 Å². The number of aromatic amines is 1. The predicted octanol–water partition coefficient (Wildman–Crippen LogP) is 3.96. The summed E-state index contributed by atoms with van der Waals surface area (Å²) < 4.78 is 5.30. The summed E-state index contributed by atoms with van der Waals surface area (Å²) in [5.74, 6) is 2.94. The molecular formula is C25H31N7O. The SMILES string of the molecule is C=Nc1[nH]c(COC)cc1/C(=C\C)c1nc(N2CCNCC2)c2c(C3CCC3)cncc2n1. The zero-order valence-corrected chi connectivity index (χ0v) is 19.4. The van der Waals surface area contributed by atoms with Crippen molar-refractivity contribution in [2.75, 3.05) is 38.2 Å². The van der Waals surface area contributed by atoms with Crippen LogP contribution in [0.1, 0.15) is 54.7 Å². The van der Waals surface area contributed by atoms with Crippen LogP contribution >= 0.6 is 0 Å². The molecule has 3 aromatic rings. The molecule has 3 aromatic heterocycles. The number of hydrogen-bond donors (Lipinski definition) is 2. The van der Waals surface area contributed by atoms with E-state index in [1.807, 2.05) is 31.5 Å². The van der Waals surface area contributed by atoms with E-state index in [4.69, 9.17) is 14.7 Å². The first-order valence-corrected chi connectivity index (χ1v) is 11.7. The van der Waals surface area contributed by atoms with Gasteiger partial charge in [0, 0.05) is 61.7 Å². The maximum absolute atomic E-state index is 5.30. The number of nitrogens with one attached hydrogen (secondary N) is 2. The van der Waals surface area contributed by atoms with Crippen molar-refractivity contribution in [1.82, 2.24) is 25.3 Å². The Kier molecular flexibility index (Phi) is 6.20. The Bertz CT molecular complexity index is 1190. The quantitative estimate of drug-likeness (QED) is 0.535. The van der Waals surface area contributed by atoms with Gasteiger partial charge in [0.05, 0.1) is 18.3 Å². The zero-order chi connectivity index (χ0) is 22.8. The van der Waals surface area contributed by atoms with Gasteiger partial charge in [-0.15, -0.1) is 0 Å². The van der Waals surface area contributed by atoms with Crippen molar-refractivity contribution in [3.63, 3.8) is 0 Å². The molecule has 0 atom stereocenters. The second kappa shape index (κ2) is 9.41. The number of aromatic nitrogens is 4. The molecule has 4 heterocycles. The van der Waals surface area contributed by atoms with Gasteiger partial charge in [-0.05, 0) is 44.0 Å². The van der Waals surface area contributed by atoms with Crippen LogP contribution < -0.4 is 10.2 Å². The van der Waals surface area contributed by atoms with Gasteiger partial charge in [-0.25, -0.2) is 15.0 Å². The molecule has 1 aliphatic carbocycles. The topological polar surface area (TPSA) is 91.3 Å². The molecule has 5 rings (SSSR count). The first kappa shape index (κ1) is 21.7. The Morgan fingerprint density at radius 1 is 1.27 bits per heavy atom. The van der Waals surface area contributed by atoms with Crippen LogP contribution in [0.25, 0.3) is 16.5 Å². The van der Waals surface area contributed by atoms with Crippen molar-refractivity contribution in [3.05, 3.63) is 47.2 Å². The Balaban J connectivity index is 1.68. The molecule has 0 radical (unpaired) electrons. The van der Waals surface area contributed by atoms with Crippen molar-refractivity contribution in [1.29, 1.82) is 0 Å². The number of anilines is 1. The third-order valence-corrected chi connectivity index (χ3v) is 6.71. The average Bonchev–Trinajstić information content (AvgIpc) is 3.21. The largest absolute Gasteiger partial charge is 0.378 e. The van der Waals surface area contributed by atoms with Crippen molar-refractivity contribution in [2.24, 2.45) is 4.99 Å². The maximum atomic E-state index is 5.30. The number of allylic oxidation sites excluding steroid dienone is 1. The van der Waals surface area contributed by atoms with Crippen molar-refractivity contribution < 1.29 is 4.74 Å². The molecule has 2 aliphatic rings. The molecule has 172 valence electrons. The van der Waals surface area contributed by atoms with E-state index in [9.17, 15) is 0 Å². The lowest BCUT2D eigenvalue weighted by atomic mass is 9.79. The van der Waals surface area contributed by atoms with Gasteiger partial charge in [-0.1, -0.05) is 12.5 Å². The Morgan fingerprint density at radius 3 is 2.76 bits per heavy atom. The highest BCUT2D eigenvalue weighted by molar-refractivity contribution is 5.95. The molecular weight excluding hydrogens is 414 g/mol. The van der Waals surface area contributed by atoms with Gasteiger partial charge in [0.15, 0.2) is 5.82 Å². The molecule has 33 heavy (non-hydrogen) atoms. The number of pyridine rings is 1. The zero-order valence-electron chi connectivity index (χ0n) is 19.4. The molecule has 8 heteroatoms. The van der Waals surface area contributed by atoms with Gasteiger partial charge in [-0.3, -0.25) is 4.98 Å². The second-order valence-corrected chi connectivity index (χ2v) is 8.71. The van der Waals surface area contributed by atoms with Crippen LogP contribution in [0.2, 0.25) is 0 Å². The molecule has 0 aromatic carbocycles. The van der Waals surface area contributed by atoms with Crippen LogP contribution in [0.4, 0.5) is 11.6 Å². The molecule has 0 bridgehead atoms. The number of ether oxygens (including phenoxy) is 1. The van der Waals surface area contributed by atoms with E-state index in [1.54, 1.807) is 7.11 Å². The van der Waals surface area contributed by atoms with Gasteiger partial charge in [0.25, 0.3) is 0 Å². The van der Waals surface area contributed by atoms with Crippen LogP contribution in [-0.2, 0) is 11.3 Å². The van der Waals surface area contributed by atoms with Gasteiger partial charge < -0.3 is 19.9 Å². The molecule has 1 saturated carbocycles. The number of nitrogens with zero attached hydrogens (tertiary/aromatic N) is 5. The Labute approximate surface area is 194 Å². The summed E-state index contributed by atoms with van der Waals surface area (Å²) in [7, 11) is 1.68. The van der Waals surface area contributed by atoms with E-state index in [2.05, 4.69) is 31.9 Å². The molecule has 0 unspecified atom stereocenters. The normalized spacial score (nSPS) is 17.4. The van der Waals surface area contributed by atoms with E-state index in [0.717, 1.165) is 59.7 Å². The van der Waals surface area contributed by atoms with Crippen LogP contribution in [-0.4, -0.2) is 59.9 Å². The predicted molar refractivity (Wildman–Crippen MR) is 132 cm³/mol. The molecule has 0 spiro atoms. The van der Waals surface area contributed by atoms with Crippen molar-refractivity contribution in [3.8, 4) is 0 Å². The fourth-order valence-corrected chi connectivity index (χ4v) is 4.81. The number of aliphatic imine (C=N–C) groups is 1. The fraction of sp³-hybridized carbons (Fsp3) is 0.440. The van der Waals surface area contributed by atoms with Crippen LogP contribution in [0, 0.1) is 0 Å². The molecule has 2 fully saturated rings. The van der Waals surface area contributed by atoms with Crippen molar-refractivity contribution in [2.45, 2.75) is 38.7 Å². The highest BCUT2D eigenvalue weighted by Crippen LogP contribution is 2.42. The lowest BCUT2D eigenvalue weighted by Crippen LogP contribution is -2.44. The number of H-pyrrole nitrogens is 1. The van der Waals surface area contributed by atoms with Crippen LogP contribution in [0.3, 0.4) is 0 Å². The van der Waals surface area contributed by atoms with E-state index >= 15 is 0 Å². The summed E-state index contributed by atoms with van der Waals surface area (Å²) in [4.78, 5) is 24.7. The molecule has 1 aliphatic heterocycles. The number of rotatable bonds is 7. The van der Waals surface area contributed by atoms with E-state index < -0.39 is 0 Å². The fourth-order valence-electron chi connectivity index (χ4n) is 4.81. The van der Waals surface area contributed by atoms with E-state index in [1.165, 1.54) is 24.8 Å². The van der Waals surface area contributed by atoms with Crippen LogP contribution in [0.15, 0.2) is 29.5 Å². The summed E-state index contributed by atoms with van der Waals surface area (Å²) in [6.45, 7) is 9.96. The number of hydrogen-bond acceptors (Lipinski definition) is 7. The van der Waals surface area contributed by atoms with Gasteiger partial charge in [0.2, 0.25) is 0 Å². The highest BCUT2D eigenvalue weighted by Gasteiger charge is 2.27. The lowest BCUT2D eigenvalue weighted by Gasteiger charge is -2.32. The van der Waals surface area contributed by atoms with Gasteiger partial charge >= 0.3 is 0 Å². The highest BCUT2D eigenvalue weighted by atomic mass is 16.5. The average molecular weight is 446 g/mol. The molecule has 2 N–H and O–H groups in total. The maximum Gasteiger partial charge on any atom is 0.162 e. The minimum atomic E-state index is 0.471. The Morgan fingerprint density at radius 2 is 2.09 bits per heavy atom. The number of piperazine rings is 1. The Hall–Kier alpha value is -3.10. The monoisotopic (exact) mass is 445 g/mol. The smallest absolute Gasteiger partial charge is 0.162 e. The van der Waals surface area contributed by atoms with E-state index in [-0.39, 0.29) is 0 Å². The minimum Gasteiger partial charge on any atom is -0.378 e. The third-order valence-electron chi connectivity index (χ3n) is 6.71. The summed E-state index contributed by atoms with van der Waals surface area (Å²) in [5, 5.41) is 4.61. The van der Waals surface area contributed by atoms with Crippen LogP contribution in [0.5, 0.6) is 0 Å². The van der Waals surface area contributed by atoms with Crippen molar-refractivity contribution >= 4 is 34.8 Å². The van der Waals surface area contributed by atoms with Gasteiger partial charge in [0.1, 0.15) is 11.6 Å². The molecule has 0 amide bonds. The second-order valence-electron chi connectivity index (χ2n) is 8.71. The molecule has 1 saturated heterocycles. The number of methoxy groups -OCH3 is 1. The number of fused-ring (bicyclic) bond motifs is 1. The third kappa shape index (κ3) is 4.05. The first-order chi connectivity index (χ1) is 16.2. The minimum absolute atomic E-state index is 0.471. The molecule has 8 nitrogen and oxygen atoms in total. The summed E-state index contributed by atoms with van der Waals surface area (Å²) in [6.07, 6.45) is 9.65. The lowest BCUT2D eigenvalue weighted by molar-refractivity contribution is 0.182. The first-order valence-electron chi connectivity index (χ1n) is 11.7. The summed E-state index contributed by atoms with van der Waals surface area (Å²) in [6, 6.07) is 2.05.